The normalized spacial score (nSPS) is 11.2. The number of nitriles is 1. The van der Waals surface area contributed by atoms with Crippen molar-refractivity contribution < 1.29 is 19.1 Å². The van der Waals surface area contributed by atoms with E-state index in [-0.39, 0.29) is 29.8 Å². The maximum Gasteiger partial charge on any atom is 0.413 e. The molecule has 8 nitrogen and oxygen atoms in total. The molecule has 0 atom stereocenters. The summed E-state index contributed by atoms with van der Waals surface area (Å²) < 4.78 is 11.5. The number of rotatable bonds is 5. The molecule has 0 aliphatic rings. The maximum absolute atomic E-state index is 12.3. The Morgan fingerprint density at radius 2 is 2.00 bits per heavy atom. The summed E-state index contributed by atoms with van der Waals surface area (Å²) in [7, 11) is 1.31. The molecule has 0 saturated carbocycles. The minimum atomic E-state index is -0.693. The Morgan fingerprint density at radius 1 is 1.33 bits per heavy atom. The third kappa shape index (κ3) is 5.51. The fourth-order valence-corrected chi connectivity index (χ4v) is 3.01. The lowest BCUT2D eigenvalue weighted by molar-refractivity contribution is -0.139. The summed E-state index contributed by atoms with van der Waals surface area (Å²) in [5, 5.41) is 17.3. The number of carbonyl (C=O) groups is 2. The van der Waals surface area contributed by atoms with Gasteiger partial charge in [-0.2, -0.15) is 10.4 Å². The molecule has 2 aromatic rings. The van der Waals surface area contributed by atoms with Gasteiger partial charge >= 0.3 is 12.1 Å². The molecule has 1 heterocycles. The number of ether oxygens (including phenoxy) is 2. The molecular weight excluding hydrogens is 408 g/mol. The lowest BCUT2D eigenvalue weighted by Crippen LogP contribution is -2.28. The minimum Gasteiger partial charge on any atom is -0.469 e. The number of hydrogen-bond acceptors (Lipinski definition) is 6. The van der Waals surface area contributed by atoms with E-state index >= 15 is 0 Å². The topological polar surface area (TPSA) is 106 Å². The van der Waals surface area contributed by atoms with Crippen LogP contribution in [0.2, 0.25) is 5.02 Å². The van der Waals surface area contributed by atoms with Gasteiger partial charge in [0.1, 0.15) is 22.9 Å². The summed E-state index contributed by atoms with van der Waals surface area (Å²) >= 11 is 6.43. The van der Waals surface area contributed by atoms with Crippen LogP contribution < -0.4 is 5.32 Å². The minimum absolute atomic E-state index is 0.0769. The molecule has 0 spiro atoms. The van der Waals surface area contributed by atoms with Crippen molar-refractivity contribution in [2.24, 2.45) is 0 Å². The van der Waals surface area contributed by atoms with E-state index in [1.165, 1.54) is 11.8 Å². The van der Waals surface area contributed by atoms with Gasteiger partial charge in [-0.15, -0.1) is 0 Å². The predicted octanol–water partition coefficient (Wildman–Crippen LogP) is 4.72. The number of hydrogen-bond donors (Lipinski definition) is 1. The van der Waals surface area contributed by atoms with Crippen molar-refractivity contribution in [3.63, 3.8) is 0 Å². The highest BCUT2D eigenvalue weighted by Gasteiger charge is 2.26. The van der Waals surface area contributed by atoms with Crippen LogP contribution in [0.5, 0.6) is 0 Å². The van der Waals surface area contributed by atoms with Gasteiger partial charge in [0.15, 0.2) is 5.82 Å². The summed E-state index contributed by atoms with van der Waals surface area (Å²) in [5.74, 6) is -0.157. The van der Waals surface area contributed by atoms with Crippen LogP contribution in [0.25, 0.3) is 11.3 Å². The lowest BCUT2D eigenvalue weighted by atomic mass is 10.0. The third-order valence-corrected chi connectivity index (χ3v) is 4.31. The lowest BCUT2D eigenvalue weighted by Gasteiger charge is -2.20. The van der Waals surface area contributed by atoms with Crippen LogP contribution in [0, 0.1) is 11.3 Å². The number of aromatic nitrogens is 2. The number of esters is 1. The highest BCUT2D eigenvalue weighted by molar-refractivity contribution is 6.33. The van der Waals surface area contributed by atoms with E-state index in [4.69, 9.17) is 16.3 Å². The average molecular weight is 433 g/mol. The molecule has 1 aromatic heterocycles. The van der Waals surface area contributed by atoms with Crippen LogP contribution in [-0.2, 0) is 20.7 Å². The van der Waals surface area contributed by atoms with E-state index < -0.39 is 11.7 Å². The van der Waals surface area contributed by atoms with Crippen molar-refractivity contribution in [1.29, 1.82) is 5.26 Å². The number of halogens is 1. The predicted molar refractivity (Wildman–Crippen MR) is 113 cm³/mol. The highest BCUT2D eigenvalue weighted by Crippen LogP contribution is 2.35. The Balaban J connectivity index is 2.50. The second-order valence-corrected chi connectivity index (χ2v) is 8.32. The average Bonchev–Trinajstić information content (AvgIpc) is 2.98. The first-order valence-corrected chi connectivity index (χ1v) is 9.72. The summed E-state index contributed by atoms with van der Waals surface area (Å²) in [6.07, 6.45) is -0.611. The molecule has 160 valence electrons. The molecule has 9 heteroatoms. The molecule has 0 bridgehead atoms. The second-order valence-electron chi connectivity index (χ2n) is 7.92. The van der Waals surface area contributed by atoms with E-state index in [2.05, 4.69) is 21.2 Å². The largest absolute Gasteiger partial charge is 0.469 e. The number of nitrogens with zero attached hydrogens (tertiary/aromatic N) is 3. The van der Waals surface area contributed by atoms with Crippen molar-refractivity contribution >= 4 is 29.5 Å². The molecule has 30 heavy (non-hydrogen) atoms. The van der Waals surface area contributed by atoms with E-state index in [1.54, 1.807) is 39.0 Å². The number of amides is 1. The summed E-state index contributed by atoms with van der Waals surface area (Å²) in [6.45, 7) is 8.99. The first-order chi connectivity index (χ1) is 14.0. The van der Waals surface area contributed by atoms with Gasteiger partial charge in [-0.3, -0.25) is 10.1 Å². The van der Waals surface area contributed by atoms with Gasteiger partial charge in [0.05, 0.1) is 18.6 Å². The number of methoxy groups -OCH3 is 1. The van der Waals surface area contributed by atoms with E-state index in [0.29, 0.717) is 21.8 Å². The second kappa shape index (κ2) is 9.18. The summed E-state index contributed by atoms with van der Waals surface area (Å²) in [4.78, 5) is 23.8. The Kier molecular flexibility index (Phi) is 7.11. The smallest absolute Gasteiger partial charge is 0.413 e. The molecule has 1 amide bonds. The fraction of sp³-hybridized carbons (Fsp3) is 0.429. The maximum atomic E-state index is 12.3. The van der Waals surface area contributed by atoms with Crippen LogP contribution in [0.1, 0.15) is 51.8 Å². The third-order valence-electron chi connectivity index (χ3n) is 4.00. The van der Waals surface area contributed by atoms with Crippen molar-refractivity contribution in [3.05, 3.63) is 34.3 Å². The molecule has 2 rings (SSSR count). The van der Waals surface area contributed by atoms with Gasteiger partial charge < -0.3 is 9.47 Å². The van der Waals surface area contributed by atoms with E-state index in [1.807, 2.05) is 13.8 Å². The Labute approximate surface area is 180 Å². The van der Waals surface area contributed by atoms with Crippen LogP contribution in [0.15, 0.2) is 18.2 Å². The van der Waals surface area contributed by atoms with Crippen molar-refractivity contribution in [2.75, 3.05) is 12.4 Å². The molecule has 0 aliphatic carbocycles. The van der Waals surface area contributed by atoms with Gasteiger partial charge in [0, 0.05) is 11.6 Å². The van der Waals surface area contributed by atoms with Crippen LogP contribution in [-0.4, -0.2) is 34.6 Å². The van der Waals surface area contributed by atoms with E-state index in [9.17, 15) is 14.9 Å². The van der Waals surface area contributed by atoms with Gasteiger partial charge in [-0.25, -0.2) is 9.48 Å². The van der Waals surface area contributed by atoms with Crippen molar-refractivity contribution in [3.8, 4) is 17.3 Å². The molecule has 0 saturated heterocycles. The number of carbonyl (C=O) groups excluding carboxylic acids is 2. The monoisotopic (exact) mass is 432 g/mol. The van der Waals surface area contributed by atoms with Crippen LogP contribution >= 0.6 is 11.6 Å². The van der Waals surface area contributed by atoms with Gasteiger partial charge in [-0.05, 0) is 46.2 Å². The summed E-state index contributed by atoms with van der Waals surface area (Å²) in [5.41, 5.74) is 0.975. The van der Waals surface area contributed by atoms with Crippen molar-refractivity contribution in [1.82, 2.24) is 9.78 Å². The number of nitrogens with one attached hydrogen (secondary N) is 1. The Morgan fingerprint density at radius 3 is 2.50 bits per heavy atom. The zero-order valence-corrected chi connectivity index (χ0v) is 18.6. The first-order valence-electron chi connectivity index (χ1n) is 9.35. The molecular formula is C21H25ClN4O4. The van der Waals surface area contributed by atoms with E-state index in [0.717, 1.165) is 0 Å². The molecule has 0 fully saturated rings. The Bertz CT molecular complexity index is 1000. The SMILES string of the molecule is COC(=O)Cc1ccc(-c2nn(C(C)C)c(NC(=O)OC(C)(C)C)c2C#N)c(Cl)c1. The first kappa shape index (κ1) is 23.2. The zero-order valence-electron chi connectivity index (χ0n) is 17.9. The highest BCUT2D eigenvalue weighted by atomic mass is 35.5. The van der Waals surface area contributed by atoms with Crippen LogP contribution in [0.3, 0.4) is 0 Å². The van der Waals surface area contributed by atoms with Gasteiger partial charge in [0.25, 0.3) is 0 Å². The molecule has 1 aromatic carbocycles. The number of anilines is 1. The quantitative estimate of drug-likeness (QED) is 0.685. The standard InChI is InChI=1S/C21H25ClN4O4/c1-12(2)26-19(24-20(28)30-21(3,4)5)15(11-23)18(25-26)14-8-7-13(9-16(14)22)10-17(27)29-6/h7-9,12H,10H2,1-6H3,(H,24,28). The van der Waals surface area contributed by atoms with Gasteiger partial charge in [-0.1, -0.05) is 23.7 Å². The molecule has 0 aliphatic heterocycles. The number of benzene rings is 1. The zero-order chi connectivity index (χ0) is 22.6. The molecule has 0 unspecified atom stereocenters. The summed E-state index contributed by atoms with van der Waals surface area (Å²) in [6, 6.07) is 6.99. The fourth-order valence-electron chi connectivity index (χ4n) is 2.72. The van der Waals surface area contributed by atoms with Crippen LogP contribution in [0.4, 0.5) is 10.6 Å². The Hall–Kier alpha value is -3.05. The van der Waals surface area contributed by atoms with Gasteiger partial charge in [0.2, 0.25) is 0 Å². The molecule has 1 N–H and O–H groups in total. The van der Waals surface area contributed by atoms with Crippen molar-refractivity contribution in [2.45, 2.75) is 52.7 Å². The molecule has 0 radical (unpaired) electrons.